The smallest absolute Gasteiger partial charge is 0.225 e. The Kier molecular flexibility index (Phi) is 6.03. The molecule has 0 bridgehead atoms. The Balaban J connectivity index is 1.37. The number of thioether (sulfide) groups is 1. The zero-order chi connectivity index (χ0) is 19.3. The number of hydrogen-bond acceptors (Lipinski definition) is 3. The number of carbonyl (C=O) groups is 1. The van der Waals surface area contributed by atoms with Crippen LogP contribution < -0.4 is 5.32 Å². The van der Waals surface area contributed by atoms with E-state index in [4.69, 9.17) is 16.7 Å². The first-order valence-corrected chi connectivity index (χ1v) is 10.9. The van der Waals surface area contributed by atoms with Crippen LogP contribution in [0, 0.1) is 0 Å². The monoisotopic (exact) mass is 411 g/mol. The lowest BCUT2D eigenvalue weighted by molar-refractivity contribution is -0.116. The Hall–Kier alpha value is -2.24. The molecule has 144 valence electrons. The molecule has 3 aromatic rings. The molecule has 1 heterocycles. The van der Waals surface area contributed by atoms with Crippen LogP contribution in [0.2, 0.25) is 5.02 Å². The van der Waals surface area contributed by atoms with Crippen molar-refractivity contribution in [1.82, 2.24) is 9.78 Å². The van der Waals surface area contributed by atoms with Gasteiger partial charge >= 0.3 is 0 Å². The number of rotatable bonds is 7. The number of nitrogens with zero attached hydrogens (tertiary/aromatic N) is 2. The fourth-order valence-corrected chi connectivity index (χ4v) is 4.40. The summed E-state index contributed by atoms with van der Waals surface area (Å²) in [6, 6.07) is 17.8. The number of amides is 1. The number of carbonyl (C=O) groups excluding carboxylic acids is 1. The van der Waals surface area contributed by atoms with E-state index in [9.17, 15) is 4.79 Å². The summed E-state index contributed by atoms with van der Waals surface area (Å²) in [6.45, 7) is 0. The van der Waals surface area contributed by atoms with Gasteiger partial charge in [-0.1, -0.05) is 29.8 Å². The first-order valence-electron chi connectivity index (χ1n) is 9.55. The molecule has 0 spiro atoms. The number of fused-ring (bicyclic) bond motifs is 1. The summed E-state index contributed by atoms with van der Waals surface area (Å²) in [4.78, 5) is 13.7. The highest BCUT2D eigenvalue weighted by molar-refractivity contribution is 7.99. The van der Waals surface area contributed by atoms with Crippen molar-refractivity contribution < 1.29 is 4.79 Å². The molecular formula is C22H22ClN3OS. The summed E-state index contributed by atoms with van der Waals surface area (Å²) in [5.74, 6) is 1.78. The van der Waals surface area contributed by atoms with Crippen LogP contribution in [0.5, 0.6) is 0 Å². The van der Waals surface area contributed by atoms with Gasteiger partial charge in [-0.2, -0.15) is 5.10 Å². The molecule has 1 aliphatic rings. The molecule has 2 aromatic carbocycles. The van der Waals surface area contributed by atoms with Gasteiger partial charge in [-0.3, -0.25) is 4.79 Å². The second-order valence-electron chi connectivity index (χ2n) is 6.83. The van der Waals surface area contributed by atoms with Gasteiger partial charge in [-0.15, -0.1) is 11.8 Å². The molecule has 1 aromatic heterocycles. The zero-order valence-corrected chi connectivity index (χ0v) is 17.1. The molecule has 0 aliphatic heterocycles. The number of nitrogens with one attached hydrogen (secondary N) is 1. The van der Waals surface area contributed by atoms with Crippen molar-refractivity contribution in [1.29, 1.82) is 0 Å². The topological polar surface area (TPSA) is 46.9 Å². The Labute approximate surface area is 174 Å². The highest BCUT2D eigenvalue weighted by Crippen LogP contribution is 2.31. The van der Waals surface area contributed by atoms with Crippen molar-refractivity contribution in [3.8, 4) is 5.69 Å². The van der Waals surface area contributed by atoms with Crippen LogP contribution in [0.1, 0.15) is 30.5 Å². The standard InChI is InChI=1S/C22H22ClN3OS/c23-16-11-13-18(14-12-16)28-15-5-10-21(27)24-22-19-8-4-9-20(19)25-26(22)17-6-2-1-3-7-17/h1-3,6-7,11-14H,4-5,8-10,15H2,(H,24,27). The van der Waals surface area contributed by atoms with Crippen molar-refractivity contribution in [3.05, 3.63) is 70.9 Å². The second-order valence-corrected chi connectivity index (χ2v) is 8.43. The van der Waals surface area contributed by atoms with E-state index >= 15 is 0 Å². The fourth-order valence-electron chi connectivity index (χ4n) is 3.42. The van der Waals surface area contributed by atoms with Gasteiger partial charge in [-0.25, -0.2) is 4.68 Å². The highest BCUT2D eigenvalue weighted by Gasteiger charge is 2.24. The largest absolute Gasteiger partial charge is 0.310 e. The van der Waals surface area contributed by atoms with Gasteiger partial charge in [0.05, 0.1) is 11.4 Å². The van der Waals surface area contributed by atoms with Crippen molar-refractivity contribution in [2.24, 2.45) is 0 Å². The highest BCUT2D eigenvalue weighted by atomic mass is 35.5. The van der Waals surface area contributed by atoms with Crippen molar-refractivity contribution in [2.75, 3.05) is 11.1 Å². The molecule has 1 N–H and O–H groups in total. The normalized spacial score (nSPS) is 12.8. The zero-order valence-electron chi connectivity index (χ0n) is 15.5. The Morgan fingerprint density at radius 1 is 1.11 bits per heavy atom. The Morgan fingerprint density at radius 3 is 2.68 bits per heavy atom. The third-order valence-corrected chi connectivity index (χ3v) is 6.15. The summed E-state index contributed by atoms with van der Waals surface area (Å²) in [5, 5.41) is 8.62. The van der Waals surface area contributed by atoms with E-state index in [0.29, 0.717) is 6.42 Å². The minimum absolute atomic E-state index is 0.0449. The van der Waals surface area contributed by atoms with E-state index in [1.165, 1.54) is 10.5 Å². The lowest BCUT2D eigenvalue weighted by atomic mass is 10.2. The summed E-state index contributed by atoms with van der Waals surface area (Å²) in [6.07, 6.45) is 4.38. The van der Waals surface area contributed by atoms with Crippen molar-refractivity contribution in [3.63, 3.8) is 0 Å². The maximum absolute atomic E-state index is 12.6. The number of para-hydroxylation sites is 1. The van der Waals surface area contributed by atoms with E-state index < -0.39 is 0 Å². The molecule has 28 heavy (non-hydrogen) atoms. The Bertz CT molecular complexity index is 954. The average molecular weight is 412 g/mol. The van der Waals surface area contributed by atoms with Gasteiger partial charge in [0.15, 0.2) is 0 Å². The number of benzene rings is 2. The minimum Gasteiger partial charge on any atom is -0.310 e. The van der Waals surface area contributed by atoms with Gasteiger partial charge in [-0.05, 0) is 67.8 Å². The van der Waals surface area contributed by atoms with Crippen LogP contribution in [0.25, 0.3) is 5.69 Å². The third kappa shape index (κ3) is 4.42. The van der Waals surface area contributed by atoms with E-state index in [0.717, 1.165) is 53.7 Å². The second kappa shape index (κ2) is 8.84. The number of aryl methyl sites for hydroxylation is 1. The first-order chi connectivity index (χ1) is 13.7. The number of halogens is 1. The van der Waals surface area contributed by atoms with Crippen LogP contribution >= 0.6 is 23.4 Å². The molecule has 0 fully saturated rings. The Morgan fingerprint density at radius 2 is 1.89 bits per heavy atom. The number of anilines is 1. The molecule has 4 rings (SSSR count). The van der Waals surface area contributed by atoms with Crippen molar-refractivity contribution in [2.45, 2.75) is 37.0 Å². The first kappa shape index (κ1) is 19.1. The summed E-state index contributed by atoms with van der Waals surface area (Å²) in [5.41, 5.74) is 3.27. The SMILES string of the molecule is O=C(CCCSc1ccc(Cl)cc1)Nc1c2c(nn1-c1ccccc1)CCC2. The summed E-state index contributed by atoms with van der Waals surface area (Å²) < 4.78 is 1.88. The van der Waals surface area contributed by atoms with Gasteiger partial charge in [0.1, 0.15) is 5.82 Å². The molecule has 4 nitrogen and oxygen atoms in total. The molecule has 0 saturated carbocycles. The predicted molar refractivity (Wildman–Crippen MR) is 116 cm³/mol. The van der Waals surface area contributed by atoms with Crippen molar-refractivity contribution >= 4 is 35.1 Å². The maximum Gasteiger partial charge on any atom is 0.225 e. The predicted octanol–water partition coefficient (Wildman–Crippen LogP) is 5.53. The minimum atomic E-state index is 0.0449. The lowest BCUT2D eigenvalue weighted by Crippen LogP contribution is -2.16. The van der Waals surface area contributed by atoms with Gasteiger partial charge in [0.2, 0.25) is 5.91 Å². The third-order valence-electron chi connectivity index (χ3n) is 4.80. The average Bonchev–Trinajstić information content (AvgIpc) is 3.30. The molecule has 6 heteroatoms. The molecule has 0 unspecified atom stereocenters. The van der Waals surface area contributed by atoms with E-state index in [2.05, 4.69) is 5.32 Å². The maximum atomic E-state index is 12.6. The molecule has 0 atom stereocenters. The summed E-state index contributed by atoms with van der Waals surface area (Å²) >= 11 is 7.65. The van der Waals surface area contributed by atoms with E-state index in [1.807, 2.05) is 59.3 Å². The molecular weight excluding hydrogens is 390 g/mol. The molecule has 0 saturated heterocycles. The number of hydrogen-bond donors (Lipinski definition) is 1. The van der Waals surface area contributed by atoms with Crippen LogP contribution in [0.15, 0.2) is 59.5 Å². The fraction of sp³-hybridized carbons (Fsp3) is 0.273. The van der Waals surface area contributed by atoms with Gasteiger partial charge in [0.25, 0.3) is 0 Å². The van der Waals surface area contributed by atoms with Crippen LogP contribution in [-0.4, -0.2) is 21.4 Å². The molecule has 0 radical (unpaired) electrons. The van der Waals surface area contributed by atoms with E-state index in [-0.39, 0.29) is 5.91 Å². The lowest BCUT2D eigenvalue weighted by Gasteiger charge is -2.11. The van der Waals surface area contributed by atoms with Crippen LogP contribution in [0.3, 0.4) is 0 Å². The quantitative estimate of drug-likeness (QED) is 0.411. The number of aromatic nitrogens is 2. The summed E-state index contributed by atoms with van der Waals surface area (Å²) in [7, 11) is 0. The van der Waals surface area contributed by atoms with Gasteiger partial charge < -0.3 is 5.32 Å². The van der Waals surface area contributed by atoms with E-state index in [1.54, 1.807) is 11.8 Å². The molecule has 1 amide bonds. The van der Waals surface area contributed by atoms with Gasteiger partial charge in [0, 0.05) is 21.9 Å². The van der Waals surface area contributed by atoms with Crippen LogP contribution in [-0.2, 0) is 17.6 Å². The van der Waals surface area contributed by atoms with Crippen LogP contribution in [0.4, 0.5) is 5.82 Å². The molecule has 1 aliphatic carbocycles.